The van der Waals surface area contributed by atoms with Crippen molar-refractivity contribution < 1.29 is 13.9 Å². The number of oxazole rings is 1. The van der Waals surface area contributed by atoms with E-state index >= 15 is 0 Å². The molecule has 0 unspecified atom stereocenters. The van der Waals surface area contributed by atoms with E-state index in [1.54, 1.807) is 0 Å². The second kappa shape index (κ2) is 6.68. The Labute approximate surface area is 113 Å². The molecule has 19 heavy (non-hydrogen) atoms. The minimum absolute atomic E-state index is 0.138. The van der Waals surface area contributed by atoms with Crippen LogP contribution in [0.5, 0.6) is 0 Å². The van der Waals surface area contributed by atoms with Gasteiger partial charge >= 0.3 is 5.97 Å². The van der Waals surface area contributed by atoms with Gasteiger partial charge in [0.1, 0.15) is 5.76 Å². The molecule has 0 saturated carbocycles. The van der Waals surface area contributed by atoms with Crippen LogP contribution in [0, 0.1) is 6.92 Å². The number of carbonyl (C=O) groups is 1. The molecule has 0 atom stereocenters. The average Bonchev–Trinajstić information content (AvgIpc) is 2.83. The van der Waals surface area contributed by atoms with Gasteiger partial charge in [0.15, 0.2) is 6.39 Å². The maximum absolute atomic E-state index is 11.1. The van der Waals surface area contributed by atoms with Crippen molar-refractivity contribution in [1.82, 2.24) is 14.8 Å². The zero-order valence-electron chi connectivity index (χ0n) is 11.6. The van der Waals surface area contributed by atoms with Crippen molar-refractivity contribution in [2.24, 2.45) is 0 Å². The van der Waals surface area contributed by atoms with Crippen molar-refractivity contribution in [1.29, 1.82) is 0 Å². The fraction of sp³-hybridized carbons (Fsp3) is 0.692. The molecule has 6 nitrogen and oxygen atoms in total. The summed E-state index contributed by atoms with van der Waals surface area (Å²) in [6, 6.07) is 0. The number of esters is 1. The van der Waals surface area contributed by atoms with E-state index in [1.807, 2.05) is 6.92 Å². The lowest BCUT2D eigenvalue weighted by Gasteiger charge is -2.34. The third-order valence-corrected chi connectivity index (χ3v) is 3.54. The highest BCUT2D eigenvalue weighted by Gasteiger charge is 2.19. The predicted molar refractivity (Wildman–Crippen MR) is 69.6 cm³/mol. The number of carbonyl (C=O) groups excluding carboxylic acids is 1. The van der Waals surface area contributed by atoms with Gasteiger partial charge in [0.2, 0.25) is 0 Å². The first-order chi connectivity index (χ1) is 9.19. The standard InChI is InChI=1S/C13H21N3O3/c1-11-12(14-10-19-11)9-16-7-5-15(6-8-16)4-3-13(17)18-2/h10H,3-9H2,1-2H3. The molecule has 1 aromatic rings. The van der Waals surface area contributed by atoms with Crippen LogP contribution >= 0.6 is 0 Å². The van der Waals surface area contributed by atoms with Crippen molar-refractivity contribution >= 4 is 5.97 Å². The number of nitrogens with zero attached hydrogens (tertiary/aromatic N) is 3. The van der Waals surface area contributed by atoms with E-state index in [9.17, 15) is 4.79 Å². The van der Waals surface area contributed by atoms with Gasteiger partial charge in [-0.3, -0.25) is 9.69 Å². The van der Waals surface area contributed by atoms with Gasteiger partial charge in [-0.15, -0.1) is 0 Å². The lowest BCUT2D eigenvalue weighted by molar-refractivity contribution is -0.141. The van der Waals surface area contributed by atoms with E-state index in [2.05, 4.69) is 19.5 Å². The van der Waals surface area contributed by atoms with Crippen molar-refractivity contribution in [2.45, 2.75) is 19.9 Å². The van der Waals surface area contributed by atoms with E-state index in [0.717, 1.165) is 50.7 Å². The second-order valence-electron chi connectivity index (χ2n) is 4.80. The molecule has 0 aromatic carbocycles. The fourth-order valence-electron chi connectivity index (χ4n) is 2.21. The van der Waals surface area contributed by atoms with Crippen LogP contribution in [0.25, 0.3) is 0 Å². The van der Waals surface area contributed by atoms with Crippen LogP contribution in [0.1, 0.15) is 17.9 Å². The van der Waals surface area contributed by atoms with Gasteiger partial charge < -0.3 is 14.1 Å². The number of methoxy groups -OCH3 is 1. The molecule has 0 radical (unpaired) electrons. The Bertz CT molecular complexity index is 411. The molecule has 2 heterocycles. The highest BCUT2D eigenvalue weighted by molar-refractivity contribution is 5.69. The SMILES string of the molecule is COC(=O)CCN1CCN(Cc2ncoc2C)CC1. The summed E-state index contributed by atoms with van der Waals surface area (Å²) in [5.41, 5.74) is 1.02. The molecule has 0 aliphatic carbocycles. The van der Waals surface area contributed by atoms with E-state index in [1.165, 1.54) is 13.5 Å². The molecule has 6 heteroatoms. The van der Waals surface area contributed by atoms with Crippen LogP contribution < -0.4 is 0 Å². The third-order valence-electron chi connectivity index (χ3n) is 3.54. The molecule has 1 aromatic heterocycles. The van der Waals surface area contributed by atoms with Crippen LogP contribution in [-0.4, -0.2) is 60.6 Å². The Morgan fingerprint density at radius 1 is 1.37 bits per heavy atom. The Morgan fingerprint density at radius 3 is 2.63 bits per heavy atom. The minimum atomic E-state index is -0.138. The summed E-state index contributed by atoms with van der Waals surface area (Å²) in [5, 5.41) is 0. The van der Waals surface area contributed by atoms with Gasteiger partial charge in [0.25, 0.3) is 0 Å². The molecular formula is C13H21N3O3. The smallest absolute Gasteiger partial charge is 0.306 e. The largest absolute Gasteiger partial charge is 0.469 e. The lowest BCUT2D eigenvalue weighted by atomic mass is 10.2. The Hall–Kier alpha value is -1.40. The summed E-state index contributed by atoms with van der Waals surface area (Å²) in [5.74, 6) is 0.758. The molecule has 0 N–H and O–H groups in total. The zero-order valence-corrected chi connectivity index (χ0v) is 11.6. The topological polar surface area (TPSA) is 58.8 Å². The third kappa shape index (κ3) is 4.04. The van der Waals surface area contributed by atoms with Gasteiger partial charge in [-0.1, -0.05) is 0 Å². The van der Waals surface area contributed by atoms with Crippen LogP contribution in [0.3, 0.4) is 0 Å². The predicted octanol–water partition coefficient (Wildman–Crippen LogP) is 0.664. The molecule has 1 aliphatic heterocycles. The highest BCUT2D eigenvalue weighted by atomic mass is 16.5. The number of rotatable bonds is 5. The summed E-state index contributed by atoms with van der Waals surface area (Å²) < 4.78 is 9.86. The zero-order chi connectivity index (χ0) is 13.7. The minimum Gasteiger partial charge on any atom is -0.469 e. The number of aryl methyl sites for hydroxylation is 1. The molecule has 1 fully saturated rings. The van der Waals surface area contributed by atoms with Crippen molar-refractivity contribution in [3.63, 3.8) is 0 Å². The molecule has 0 amide bonds. The normalized spacial score (nSPS) is 17.6. The summed E-state index contributed by atoms with van der Waals surface area (Å²) in [6.45, 7) is 7.51. The van der Waals surface area contributed by atoms with Gasteiger partial charge in [-0.2, -0.15) is 0 Å². The van der Waals surface area contributed by atoms with Crippen molar-refractivity contribution in [3.8, 4) is 0 Å². The number of hydrogen-bond acceptors (Lipinski definition) is 6. The number of hydrogen-bond donors (Lipinski definition) is 0. The van der Waals surface area contributed by atoms with Crippen molar-refractivity contribution in [2.75, 3.05) is 39.8 Å². The summed E-state index contributed by atoms with van der Waals surface area (Å²) in [6.07, 6.45) is 1.97. The van der Waals surface area contributed by atoms with Gasteiger partial charge in [-0.05, 0) is 6.92 Å². The van der Waals surface area contributed by atoms with Crippen LogP contribution in [0.2, 0.25) is 0 Å². The second-order valence-corrected chi connectivity index (χ2v) is 4.80. The van der Waals surface area contributed by atoms with E-state index in [0.29, 0.717) is 6.42 Å². The monoisotopic (exact) mass is 267 g/mol. The first-order valence-electron chi connectivity index (χ1n) is 6.59. The Kier molecular flexibility index (Phi) is 4.93. The molecular weight excluding hydrogens is 246 g/mol. The molecule has 2 rings (SSSR count). The number of aromatic nitrogens is 1. The quantitative estimate of drug-likeness (QED) is 0.731. The average molecular weight is 267 g/mol. The molecule has 0 spiro atoms. The summed E-state index contributed by atoms with van der Waals surface area (Å²) in [4.78, 5) is 20.0. The molecule has 1 aliphatic rings. The van der Waals surface area contributed by atoms with Crippen LogP contribution in [-0.2, 0) is 16.1 Å². The molecule has 106 valence electrons. The van der Waals surface area contributed by atoms with E-state index < -0.39 is 0 Å². The van der Waals surface area contributed by atoms with Gasteiger partial charge in [-0.25, -0.2) is 4.98 Å². The fourth-order valence-corrected chi connectivity index (χ4v) is 2.21. The van der Waals surface area contributed by atoms with Crippen LogP contribution in [0.15, 0.2) is 10.8 Å². The maximum Gasteiger partial charge on any atom is 0.306 e. The van der Waals surface area contributed by atoms with E-state index in [4.69, 9.17) is 4.42 Å². The first-order valence-corrected chi connectivity index (χ1v) is 6.59. The maximum atomic E-state index is 11.1. The van der Waals surface area contributed by atoms with Crippen molar-refractivity contribution in [3.05, 3.63) is 17.8 Å². The first kappa shape index (κ1) is 14.0. The Balaban J connectivity index is 1.70. The highest BCUT2D eigenvalue weighted by Crippen LogP contribution is 2.11. The van der Waals surface area contributed by atoms with Crippen LogP contribution in [0.4, 0.5) is 0 Å². The molecule has 0 bridgehead atoms. The lowest BCUT2D eigenvalue weighted by Crippen LogP contribution is -2.46. The summed E-state index contributed by atoms with van der Waals surface area (Å²) >= 11 is 0. The van der Waals surface area contributed by atoms with Gasteiger partial charge in [0, 0.05) is 39.3 Å². The Morgan fingerprint density at radius 2 is 2.05 bits per heavy atom. The number of ether oxygens (including phenoxy) is 1. The molecule has 1 saturated heterocycles. The number of piperazine rings is 1. The van der Waals surface area contributed by atoms with Gasteiger partial charge in [0.05, 0.1) is 19.2 Å². The van der Waals surface area contributed by atoms with E-state index in [-0.39, 0.29) is 5.97 Å². The summed E-state index contributed by atoms with van der Waals surface area (Å²) in [7, 11) is 1.43.